The standard InChI is InChI=1S/C23H21F3N4O4/c1-30(2)21-16(12-20(31)32)13-27-19(29-21)11-14-3-7-17(8-4-14)28-22(33)15-5-9-18(10-6-15)34-23(24,25)26/h3-10,13H,11-12H2,1-2H3,(H,28,33)(H,31,32). The minimum atomic E-state index is -4.80. The number of carbonyl (C=O) groups excluding carboxylic acids is 1. The molecule has 0 unspecified atom stereocenters. The summed E-state index contributed by atoms with van der Waals surface area (Å²) in [5.41, 5.74) is 2.04. The zero-order valence-corrected chi connectivity index (χ0v) is 18.3. The van der Waals surface area contributed by atoms with Crippen molar-refractivity contribution >= 4 is 23.4 Å². The summed E-state index contributed by atoms with van der Waals surface area (Å²) in [5.74, 6) is -0.829. The molecule has 0 bridgehead atoms. The van der Waals surface area contributed by atoms with E-state index in [4.69, 9.17) is 5.11 Å². The molecule has 0 saturated carbocycles. The lowest BCUT2D eigenvalue weighted by Crippen LogP contribution is -2.17. The fraction of sp³-hybridized carbons (Fsp3) is 0.217. The Morgan fingerprint density at radius 1 is 1.06 bits per heavy atom. The molecule has 0 radical (unpaired) electrons. The van der Waals surface area contributed by atoms with Crippen LogP contribution in [0.25, 0.3) is 0 Å². The van der Waals surface area contributed by atoms with Crippen LogP contribution in [-0.2, 0) is 17.6 Å². The van der Waals surface area contributed by atoms with Crippen molar-refractivity contribution in [3.8, 4) is 5.75 Å². The molecule has 0 aliphatic carbocycles. The topological polar surface area (TPSA) is 105 Å². The highest BCUT2D eigenvalue weighted by atomic mass is 19.4. The molecule has 0 fully saturated rings. The van der Waals surface area contributed by atoms with Gasteiger partial charge < -0.3 is 20.1 Å². The molecule has 34 heavy (non-hydrogen) atoms. The molecule has 178 valence electrons. The lowest BCUT2D eigenvalue weighted by Gasteiger charge is -2.16. The SMILES string of the molecule is CN(C)c1nc(Cc2ccc(NC(=O)c3ccc(OC(F)(F)F)cc3)cc2)ncc1CC(=O)O. The summed E-state index contributed by atoms with van der Waals surface area (Å²) in [6.07, 6.45) is -3.08. The second kappa shape index (κ2) is 10.2. The zero-order chi connectivity index (χ0) is 24.9. The minimum absolute atomic E-state index is 0.171. The first kappa shape index (κ1) is 24.5. The van der Waals surface area contributed by atoms with Gasteiger partial charge in [-0.1, -0.05) is 12.1 Å². The van der Waals surface area contributed by atoms with Gasteiger partial charge in [-0.15, -0.1) is 13.2 Å². The predicted octanol–water partition coefficient (Wildman–Crippen LogP) is 3.91. The number of nitrogens with one attached hydrogen (secondary N) is 1. The highest BCUT2D eigenvalue weighted by Crippen LogP contribution is 2.23. The van der Waals surface area contributed by atoms with Gasteiger partial charge in [-0.25, -0.2) is 9.97 Å². The molecule has 0 atom stereocenters. The fourth-order valence-electron chi connectivity index (χ4n) is 3.09. The third kappa shape index (κ3) is 6.92. The number of aliphatic carboxylic acids is 1. The molecule has 0 spiro atoms. The molecule has 2 aromatic carbocycles. The number of hydrogen-bond donors (Lipinski definition) is 2. The quantitative estimate of drug-likeness (QED) is 0.510. The molecule has 2 N–H and O–H groups in total. The van der Waals surface area contributed by atoms with Gasteiger partial charge in [-0.05, 0) is 42.0 Å². The van der Waals surface area contributed by atoms with E-state index in [0.29, 0.717) is 29.3 Å². The normalized spacial score (nSPS) is 11.1. The number of ether oxygens (including phenoxy) is 1. The molecule has 8 nitrogen and oxygen atoms in total. The molecule has 0 aliphatic rings. The molecule has 3 aromatic rings. The second-order valence-electron chi connectivity index (χ2n) is 7.50. The third-order valence-corrected chi connectivity index (χ3v) is 4.58. The van der Waals surface area contributed by atoms with E-state index in [1.54, 1.807) is 43.3 Å². The van der Waals surface area contributed by atoms with E-state index >= 15 is 0 Å². The van der Waals surface area contributed by atoms with E-state index in [2.05, 4.69) is 20.0 Å². The Kier molecular flexibility index (Phi) is 7.34. The number of halogens is 3. The van der Waals surface area contributed by atoms with Crippen LogP contribution in [0, 0.1) is 0 Å². The monoisotopic (exact) mass is 474 g/mol. The summed E-state index contributed by atoms with van der Waals surface area (Å²) in [7, 11) is 3.54. The number of hydrogen-bond acceptors (Lipinski definition) is 6. The van der Waals surface area contributed by atoms with Crippen LogP contribution in [0.4, 0.5) is 24.7 Å². The lowest BCUT2D eigenvalue weighted by atomic mass is 10.1. The summed E-state index contributed by atoms with van der Waals surface area (Å²) in [6, 6.07) is 11.5. The van der Waals surface area contributed by atoms with Crippen molar-refractivity contribution in [1.29, 1.82) is 0 Å². The van der Waals surface area contributed by atoms with E-state index < -0.39 is 24.0 Å². The number of amides is 1. The van der Waals surface area contributed by atoms with E-state index in [1.165, 1.54) is 18.3 Å². The van der Waals surface area contributed by atoms with Crippen LogP contribution < -0.4 is 15.0 Å². The van der Waals surface area contributed by atoms with Gasteiger partial charge in [0.25, 0.3) is 5.91 Å². The van der Waals surface area contributed by atoms with Gasteiger partial charge >= 0.3 is 12.3 Å². The van der Waals surface area contributed by atoms with Gasteiger partial charge in [0.15, 0.2) is 0 Å². The third-order valence-electron chi connectivity index (χ3n) is 4.58. The summed E-state index contributed by atoms with van der Waals surface area (Å²) >= 11 is 0. The molecule has 0 saturated heterocycles. The Morgan fingerprint density at radius 2 is 1.71 bits per heavy atom. The predicted molar refractivity (Wildman–Crippen MR) is 118 cm³/mol. The molecule has 1 amide bonds. The molecular weight excluding hydrogens is 453 g/mol. The van der Waals surface area contributed by atoms with Crippen LogP contribution in [0.3, 0.4) is 0 Å². The summed E-state index contributed by atoms with van der Waals surface area (Å²) in [5, 5.41) is 11.7. The number of carbonyl (C=O) groups is 2. The summed E-state index contributed by atoms with van der Waals surface area (Å²) in [4.78, 5) is 33.8. The molecule has 11 heteroatoms. The summed E-state index contributed by atoms with van der Waals surface area (Å²) in [6.45, 7) is 0. The number of benzene rings is 2. The maximum Gasteiger partial charge on any atom is 0.573 e. The fourth-order valence-corrected chi connectivity index (χ4v) is 3.09. The molecular formula is C23H21F3N4O4. The Hall–Kier alpha value is -4.15. The first-order chi connectivity index (χ1) is 16.0. The Labute approximate surface area is 193 Å². The zero-order valence-electron chi connectivity index (χ0n) is 18.3. The Bertz CT molecular complexity index is 1160. The van der Waals surface area contributed by atoms with Gasteiger partial charge in [0, 0.05) is 43.5 Å². The first-order valence-corrected chi connectivity index (χ1v) is 10.00. The van der Waals surface area contributed by atoms with Gasteiger partial charge in [0.2, 0.25) is 0 Å². The Balaban J connectivity index is 1.64. The number of aromatic nitrogens is 2. The van der Waals surface area contributed by atoms with E-state index in [9.17, 15) is 22.8 Å². The van der Waals surface area contributed by atoms with Crippen LogP contribution in [0.1, 0.15) is 27.3 Å². The molecule has 0 aliphatic heterocycles. The van der Waals surface area contributed by atoms with Crippen molar-refractivity contribution < 1.29 is 32.6 Å². The number of carboxylic acid groups (broad SMARTS) is 1. The molecule has 1 aromatic heterocycles. The average Bonchev–Trinajstić information content (AvgIpc) is 2.75. The molecule has 1 heterocycles. The number of rotatable bonds is 8. The van der Waals surface area contributed by atoms with E-state index in [1.807, 2.05) is 0 Å². The average molecular weight is 474 g/mol. The minimum Gasteiger partial charge on any atom is -0.481 e. The van der Waals surface area contributed by atoms with E-state index in [0.717, 1.165) is 17.7 Å². The maximum absolute atomic E-state index is 12.4. The highest BCUT2D eigenvalue weighted by Gasteiger charge is 2.31. The Morgan fingerprint density at radius 3 is 2.26 bits per heavy atom. The van der Waals surface area contributed by atoms with Crippen LogP contribution in [-0.4, -0.2) is 47.4 Å². The van der Waals surface area contributed by atoms with Crippen molar-refractivity contribution in [2.45, 2.75) is 19.2 Å². The van der Waals surface area contributed by atoms with Crippen LogP contribution >= 0.6 is 0 Å². The van der Waals surface area contributed by atoms with Crippen molar-refractivity contribution in [1.82, 2.24) is 9.97 Å². The van der Waals surface area contributed by atoms with Crippen molar-refractivity contribution in [2.24, 2.45) is 0 Å². The van der Waals surface area contributed by atoms with E-state index in [-0.39, 0.29) is 12.0 Å². The first-order valence-electron chi connectivity index (χ1n) is 10.00. The highest BCUT2D eigenvalue weighted by molar-refractivity contribution is 6.04. The lowest BCUT2D eigenvalue weighted by molar-refractivity contribution is -0.274. The van der Waals surface area contributed by atoms with Crippen molar-refractivity contribution in [2.75, 3.05) is 24.3 Å². The smallest absolute Gasteiger partial charge is 0.481 e. The van der Waals surface area contributed by atoms with Crippen LogP contribution in [0.2, 0.25) is 0 Å². The summed E-state index contributed by atoms with van der Waals surface area (Å²) < 4.78 is 40.5. The van der Waals surface area contributed by atoms with Crippen LogP contribution in [0.15, 0.2) is 54.7 Å². The molecule has 3 rings (SSSR count). The van der Waals surface area contributed by atoms with Gasteiger partial charge in [0.05, 0.1) is 6.42 Å². The van der Waals surface area contributed by atoms with Crippen molar-refractivity contribution in [3.63, 3.8) is 0 Å². The van der Waals surface area contributed by atoms with Gasteiger partial charge in [-0.3, -0.25) is 9.59 Å². The number of anilines is 2. The second-order valence-corrected chi connectivity index (χ2v) is 7.50. The number of alkyl halides is 3. The van der Waals surface area contributed by atoms with Crippen molar-refractivity contribution in [3.05, 3.63) is 77.2 Å². The number of nitrogens with zero attached hydrogens (tertiary/aromatic N) is 3. The maximum atomic E-state index is 12.4. The van der Waals surface area contributed by atoms with Crippen LogP contribution in [0.5, 0.6) is 5.75 Å². The number of carboxylic acids is 1. The van der Waals surface area contributed by atoms with Gasteiger partial charge in [0.1, 0.15) is 17.4 Å². The largest absolute Gasteiger partial charge is 0.573 e. The van der Waals surface area contributed by atoms with Gasteiger partial charge in [-0.2, -0.15) is 0 Å².